The minimum Gasteiger partial charge on any atom is -0.507 e. The lowest BCUT2D eigenvalue weighted by molar-refractivity contribution is 0.0122. The van der Waals surface area contributed by atoms with Crippen molar-refractivity contribution in [2.45, 2.75) is 45.0 Å². The Balaban J connectivity index is 2.59. The highest BCUT2D eigenvalue weighted by Gasteiger charge is 2.21. The van der Waals surface area contributed by atoms with E-state index in [4.69, 9.17) is 10.5 Å². The van der Waals surface area contributed by atoms with Gasteiger partial charge in [-0.3, -0.25) is 4.79 Å². The molecule has 0 aliphatic rings. The number of aromatic hydroxyl groups is 1. The summed E-state index contributed by atoms with van der Waals surface area (Å²) in [6.07, 6.45) is -3.05. The number of carbonyl (C=O) groups is 2. The summed E-state index contributed by atoms with van der Waals surface area (Å²) in [5.74, 6) is -1.15. The Morgan fingerprint density at radius 1 is 1.29 bits per heavy atom. The molecule has 0 aliphatic carbocycles. The van der Waals surface area contributed by atoms with E-state index in [0.29, 0.717) is 0 Å². The van der Waals surface area contributed by atoms with Gasteiger partial charge in [0, 0.05) is 6.54 Å². The Morgan fingerprint density at radius 2 is 1.92 bits per heavy atom. The van der Waals surface area contributed by atoms with Gasteiger partial charge >= 0.3 is 6.09 Å². The van der Waals surface area contributed by atoms with Gasteiger partial charge in [0.15, 0.2) is 0 Å². The van der Waals surface area contributed by atoms with E-state index in [-0.39, 0.29) is 29.8 Å². The summed E-state index contributed by atoms with van der Waals surface area (Å²) >= 11 is 0. The quantitative estimate of drug-likeness (QED) is 0.518. The summed E-state index contributed by atoms with van der Waals surface area (Å²) in [4.78, 5) is 22.7. The third-order valence-corrected chi connectivity index (χ3v) is 3.10. The highest BCUT2D eigenvalue weighted by Crippen LogP contribution is 2.24. The summed E-state index contributed by atoms with van der Waals surface area (Å²) in [6.45, 7) is 5.28. The van der Waals surface area contributed by atoms with E-state index < -0.39 is 29.8 Å². The zero-order chi connectivity index (χ0) is 18.5. The van der Waals surface area contributed by atoms with E-state index in [9.17, 15) is 24.9 Å². The molecule has 1 aromatic carbocycles. The zero-order valence-corrected chi connectivity index (χ0v) is 13.9. The molecule has 0 spiro atoms. The molecule has 8 nitrogen and oxygen atoms in total. The van der Waals surface area contributed by atoms with Crippen molar-refractivity contribution in [3.8, 4) is 5.75 Å². The van der Waals surface area contributed by atoms with Crippen LogP contribution < -0.4 is 11.1 Å². The maximum absolute atomic E-state index is 11.5. The number of rotatable bonds is 6. The fraction of sp³-hybridized carbons (Fsp3) is 0.500. The topological polar surface area (TPSA) is 142 Å². The zero-order valence-electron chi connectivity index (χ0n) is 13.9. The summed E-state index contributed by atoms with van der Waals surface area (Å²) in [5.41, 5.74) is 4.57. The molecule has 2 unspecified atom stereocenters. The number of nitrogens with one attached hydrogen (secondary N) is 1. The van der Waals surface area contributed by atoms with Crippen LogP contribution in [0.15, 0.2) is 18.2 Å². The standard InChI is InChI=1S/C16H24N2O6/c1-16(2,3)24-15(23)18-7-6-12(20)13(21)9-4-5-11(19)10(8-9)14(17)22/h4-5,8,12-13,19-21H,6-7H2,1-3H3,(H2,17,22)(H,18,23). The second kappa shape index (κ2) is 7.98. The average molecular weight is 340 g/mol. The van der Waals surface area contributed by atoms with Crippen molar-refractivity contribution in [3.05, 3.63) is 29.3 Å². The molecule has 0 heterocycles. The third-order valence-electron chi connectivity index (χ3n) is 3.10. The van der Waals surface area contributed by atoms with Crippen LogP contribution in [-0.2, 0) is 4.74 Å². The fourth-order valence-corrected chi connectivity index (χ4v) is 1.95. The van der Waals surface area contributed by atoms with Crippen LogP contribution in [0.5, 0.6) is 5.75 Å². The second-order valence-corrected chi connectivity index (χ2v) is 6.37. The highest BCUT2D eigenvalue weighted by atomic mass is 16.6. The lowest BCUT2D eigenvalue weighted by Crippen LogP contribution is -2.34. The summed E-state index contributed by atoms with van der Waals surface area (Å²) in [5, 5.41) is 32.1. The molecule has 0 aromatic heterocycles. The molecule has 6 N–H and O–H groups in total. The van der Waals surface area contributed by atoms with Crippen LogP contribution in [0.1, 0.15) is 49.2 Å². The fourth-order valence-electron chi connectivity index (χ4n) is 1.95. The number of nitrogens with two attached hydrogens (primary N) is 1. The maximum atomic E-state index is 11.5. The molecule has 1 rings (SSSR count). The molecular formula is C16H24N2O6. The number of primary amides is 1. The van der Waals surface area contributed by atoms with Crippen molar-refractivity contribution in [2.75, 3.05) is 6.54 Å². The molecule has 24 heavy (non-hydrogen) atoms. The largest absolute Gasteiger partial charge is 0.507 e. The molecule has 8 heteroatoms. The Hall–Kier alpha value is -2.32. The summed E-state index contributed by atoms with van der Waals surface area (Å²) in [7, 11) is 0. The van der Waals surface area contributed by atoms with Gasteiger partial charge in [-0.05, 0) is 44.9 Å². The van der Waals surface area contributed by atoms with E-state index in [1.54, 1.807) is 20.8 Å². The van der Waals surface area contributed by atoms with Gasteiger partial charge < -0.3 is 31.1 Å². The SMILES string of the molecule is CC(C)(C)OC(=O)NCCC(O)C(O)c1ccc(O)c(C(N)=O)c1. The van der Waals surface area contributed by atoms with Gasteiger partial charge in [-0.2, -0.15) is 0 Å². The molecule has 2 atom stereocenters. The first-order valence-corrected chi connectivity index (χ1v) is 7.47. The number of carbonyl (C=O) groups excluding carboxylic acids is 2. The van der Waals surface area contributed by atoms with Crippen molar-refractivity contribution in [2.24, 2.45) is 5.73 Å². The Morgan fingerprint density at radius 3 is 2.46 bits per heavy atom. The summed E-state index contributed by atoms with van der Waals surface area (Å²) in [6, 6.07) is 3.80. The number of phenols is 1. The van der Waals surface area contributed by atoms with Crippen LogP contribution in [0.2, 0.25) is 0 Å². The van der Waals surface area contributed by atoms with Gasteiger partial charge in [0.25, 0.3) is 5.91 Å². The normalized spacial score (nSPS) is 13.9. The molecular weight excluding hydrogens is 316 g/mol. The van der Waals surface area contributed by atoms with E-state index in [2.05, 4.69) is 5.32 Å². The van der Waals surface area contributed by atoms with Crippen molar-refractivity contribution in [1.82, 2.24) is 5.32 Å². The van der Waals surface area contributed by atoms with Crippen LogP contribution in [0.25, 0.3) is 0 Å². The number of hydrogen-bond donors (Lipinski definition) is 5. The smallest absolute Gasteiger partial charge is 0.407 e. The molecule has 1 aromatic rings. The molecule has 0 radical (unpaired) electrons. The molecule has 0 saturated carbocycles. The molecule has 2 amide bonds. The Bertz CT molecular complexity index is 597. The first-order chi connectivity index (χ1) is 11.0. The highest BCUT2D eigenvalue weighted by molar-refractivity contribution is 5.95. The number of aliphatic hydroxyl groups is 2. The Labute approximate surface area is 140 Å². The lowest BCUT2D eigenvalue weighted by atomic mass is 9.99. The molecule has 0 aliphatic heterocycles. The van der Waals surface area contributed by atoms with Crippen LogP contribution in [0.3, 0.4) is 0 Å². The predicted molar refractivity (Wildman–Crippen MR) is 86.4 cm³/mol. The number of ether oxygens (including phenoxy) is 1. The van der Waals surface area contributed by atoms with Crippen LogP contribution >= 0.6 is 0 Å². The first-order valence-electron chi connectivity index (χ1n) is 7.47. The predicted octanol–water partition coefficient (Wildman–Crippen LogP) is 0.800. The minimum atomic E-state index is -1.30. The minimum absolute atomic E-state index is 0.0627. The van der Waals surface area contributed by atoms with Crippen LogP contribution in [0.4, 0.5) is 4.79 Å². The van der Waals surface area contributed by atoms with Gasteiger partial charge in [0.05, 0.1) is 11.7 Å². The number of alkyl carbamates (subject to hydrolysis) is 1. The van der Waals surface area contributed by atoms with E-state index in [1.807, 2.05) is 0 Å². The van der Waals surface area contributed by atoms with Crippen molar-refractivity contribution in [1.29, 1.82) is 0 Å². The summed E-state index contributed by atoms with van der Waals surface area (Å²) < 4.78 is 5.05. The molecule has 0 fully saturated rings. The number of amides is 2. The molecule has 0 saturated heterocycles. The van der Waals surface area contributed by atoms with Gasteiger partial charge in [-0.1, -0.05) is 6.07 Å². The van der Waals surface area contributed by atoms with Crippen LogP contribution in [0, 0.1) is 0 Å². The third kappa shape index (κ3) is 6.05. The average Bonchev–Trinajstić information content (AvgIpc) is 2.44. The number of aliphatic hydroxyl groups excluding tert-OH is 2. The maximum Gasteiger partial charge on any atom is 0.407 e. The number of benzene rings is 1. The van der Waals surface area contributed by atoms with Gasteiger partial charge in [0.1, 0.15) is 17.5 Å². The lowest BCUT2D eigenvalue weighted by Gasteiger charge is -2.21. The van der Waals surface area contributed by atoms with Crippen LogP contribution in [-0.4, -0.2) is 45.6 Å². The van der Waals surface area contributed by atoms with E-state index >= 15 is 0 Å². The number of hydrogen-bond acceptors (Lipinski definition) is 6. The van der Waals surface area contributed by atoms with Crippen molar-refractivity contribution in [3.63, 3.8) is 0 Å². The monoisotopic (exact) mass is 340 g/mol. The second-order valence-electron chi connectivity index (χ2n) is 6.37. The van der Waals surface area contributed by atoms with Gasteiger partial charge in [0.2, 0.25) is 0 Å². The first kappa shape index (κ1) is 19.7. The van der Waals surface area contributed by atoms with Gasteiger partial charge in [-0.15, -0.1) is 0 Å². The molecule has 0 bridgehead atoms. The van der Waals surface area contributed by atoms with Crippen molar-refractivity contribution < 1.29 is 29.6 Å². The molecule has 134 valence electrons. The van der Waals surface area contributed by atoms with Gasteiger partial charge in [-0.25, -0.2) is 4.79 Å². The Kier molecular flexibility index (Phi) is 6.56. The van der Waals surface area contributed by atoms with E-state index in [1.165, 1.54) is 18.2 Å². The van der Waals surface area contributed by atoms with Crippen molar-refractivity contribution >= 4 is 12.0 Å². The van der Waals surface area contributed by atoms with E-state index in [0.717, 1.165) is 0 Å².